The van der Waals surface area contributed by atoms with Gasteiger partial charge in [-0.25, -0.2) is 4.98 Å². The minimum absolute atomic E-state index is 0.599. The van der Waals surface area contributed by atoms with Crippen molar-refractivity contribution < 1.29 is 0 Å². The second-order valence-electron chi connectivity index (χ2n) is 2.42. The lowest BCUT2D eigenvalue weighted by molar-refractivity contribution is 0.686. The molecule has 0 fully saturated rings. The molecule has 0 spiro atoms. The van der Waals surface area contributed by atoms with Crippen molar-refractivity contribution in [3.05, 3.63) is 0 Å². The minimum Gasteiger partial charge on any atom is -0.208 e. The van der Waals surface area contributed by atoms with E-state index in [0.717, 1.165) is 9.04 Å². The molecule has 14 heavy (non-hydrogen) atoms. The molecule has 0 amide bonds. The maximum absolute atomic E-state index is 4.26. The molecule has 70 valence electrons. The standard InChI is InChI=1S/C5H3N7S2/c1-13-5-6-3-2(14-5)4-8-9-11-12(4)10-7-3/h1H3. The fourth-order valence-corrected chi connectivity index (χ4v) is 2.52. The van der Waals surface area contributed by atoms with Crippen LogP contribution in [0.5, 0.6) is 0 Å². The van der Waals surface area contributed by atoms with Crippen LogP contribution in [0.3, 0.4) is 0 Å². The van der Waals surface area contributed by atoms with Gasteiger partial charge in [0.2, 0.25) is 5.65 Å². The summed E-state index contributed by atoms with van der Waals surface area (Å²) in [6.45, 7) is 0. The second-order valence-corrected chi connectivity index (χ2v) is 4.47. The van der Waals surface area contributed by atoms with E-state index in [0.29, 0.717) is 11.3 Å². The zero-order chi connectivity index (χ0) is 9.54. The maximum atomic E-state index is 4.26. The number of tetrazole rings is 1. The number of hydrogen-bond acceptors (Lipinski definition) is 8. The van der Waals surface area contributed by atoms with Gasteiger partial charge in [-0.05, 0) is 21.9 Å². The SMILES string of the molecule is CSc1nc2nnn3nnnc3c2s1. The lowest BCUT2D eigenvalue weighted by atomic mass is 10.6. The highest BCUT2D eigenvalue weighted by Crippen LogP contribution is 2.27. The molecule has 0 aromatic carbocycles. The van der Waals surface area contributed by atoms with Gasteiger partial charge in [-0.2, -0.15) is 0 Å². The summed E-state index contributed by atoms with van der Waals surface area (Å²) in [7, 11) is 0. The van der Waals surface area contributed by atoms with E-state index in [4.69, 9.17) is 0 Å². The van der Waals surface area contributed by atoms with Crippen molar-refractivity contribution in [2.75, 3.05) is 6.26 Å². The third-order valence-electron chi connectivity index (χ3n) is 1.65. The molecule has 3 aromatic rings. The first-order valence-electron chi connectivity index (χ1n) is 3.64. The van der Waals surface area contributed by atoms with E-state index in [9.17, 15) is 0 Å². The third-order valence-corrected chi connectivity index (χ3v) is 3.67. The first-order valence-corrected chi connectivity index (χ1v) is 5.68. The maximum Gasteiger partial charge on any atom is 0.222 e. The third kappa shape index (κ3) is 0.990. The van der Waals surface area contributed by atoms with Crippen LogP contribution in [0.4, 0.5) is 0 Å². The second kappa shape index (κ2) is 2.82. The lowest BCUT2D eigenvalue weighted by Gasteiger charge is -1.85. The summed E-state index contributed by atoms with van der Waals surface area (Å²) in [6.07, 6.45) is 1.96. The van der Waals surface area contributed by atoms with E-state index in [1.807, 2.05) is 6.26 Å². The van der Waals surface area contributed by atoms with Gasteiger partial charge >= 0.3 is 0 Å². The molecule has 0 aliphatic heterocycles. The van der Waals surface area contributed by atoms with Crippen molar-refractivity contribution in [3.8, 4) is 0 Å². The predicted octanol–water partition coefficient (Wildman–Crippen LogP) is 0.246. The van der Waals surface area contributed by atoms with E-state index >= 15 is 0 Å². The number of hydrogen-bond donors (Lipinski definition) is 0. The quantitative estimate of drug-likeness (QED) is 0.549. The molecule has 9 heteroatoms. The normalized spacial score (nSPS) is 11.5. The number of rotatable bonds is 1. The van der Waals surface area contributed by atoms with Crippen molar-refractivity contribution in [3.63, 3.8) is 0 Å². The van der Waals surface area contributed by atoms with E-state index < -0.39 is 0 Å². The highest BCUT2D eigenvalue weighted by molar-refractivity contribution is 8.00. The van der Waals surface area contributed by atoms with Crippen LogP contribution >= 0.6 is 23.1 Å². The van der Waals surface area contributed by atoms with Gasteiger partial charge in [0.05, 0.1) is 0 Å². The molecule has 0 saturated heterocycles. The summed E-state index contributed by atoms with van der Waals surface area (Å²) in [5, 5.41) is 18.7. The smallest absolute Gasteiger partial charge is 0.208 e. The monoisotopic (exact) mass is 225 g/mol. The molecule has 3 rings (SSSR count). The van der Waals surface area contributed by atoms with Gasteiger partial charge in [0, 0.05) is 0 Å². The Labute approximate surface area is 85.5 Å². The highest BCUT2D eigenvalue weighted by atomic mass is 32.2. The number of fused-ring (bicyclic) bond motifs is 3. The van der Waals surface area contributed by atoms with Crippen LogP contribution in [0.25, 0.3) is 16.0 Å². The molecule has 0 atom stereocenters. The van der Waals surface area contributed by atoms with Crippen LogP contribution in [0.1, 0.15) is 0 Å². The number of thiazole rings is 1. The van der Waals surface area contributed by atoms with Crippen LogP contribution in [0.15, 0.2) is 4.34 Å². The number of thioether (sulfide) groups is 1. The molecule has 0 unspecified atom stereocenters. The summed E-state index contributed by atoms with van der Waals surface area (Å²) in [5.74, 6) is 0. The Hall–Kier alpha value is -1.35. The summed E-state index contributed by atoms with van der Waals surface area (Å²) >= 11 is 3.08. The zero-order valence-electron chi connectivity index (χ0n) is 6.95. The molecule has 3 heterocycles. The van der Waals surface area contributed by atoms with Crippen molar-refractivity contribution >= 4 is 39.1 Å². The van der Waals surface area contributed by atoms with E-state index in [1.54, 1.807) is 11.8 Å². The van der Waals surface area contributed by atoms with Gasteiger partial charge < -0.3 is 0 Å². The van der Waals surface area contributed by atoms with E-state index in [1.165, 1.54) is 16.0 Å². The number of nitrogens with zero attached hydrogens (tertiary/aromatic N) is 7. The molecular formula is C5H3N7S2. The Morgan fingerprint density at radius 3 is 3.07 bits per heavy atom. The van der Waals surface area contributed by atoms with Crippen molar-refractivity contribution in [2.45, 2.75) is 4.34 Å². The van der Waals surface area contributed by atoms with Crippen molar-refractivity contribution in [2.24, 2.45) is 0 Å². The molecule has 0 aliphatic carbocycles. The summed E-state index contributed by atoms with van der Waals surface area (Å²) in [6, 6.07) is 0. The Bertz CT molecular complexity index is 598. The molecular weight excluding hydrogens is 222 g/mol. The van der Waals surface area contributed by atoms with Gasteiger partial charge in [0.1, 0.15) is 4.70 Å². The van der Waals surface area contributed by atoms with Gasteiger partial charge in [-0.1, -0.05) is 16.4 Å². The highest BCUT2D eigenvalue weighted by Gasteiger charge is 2.11. The average molecular weight is 225 g/mol. The zero-order valence-corrected chi connectivity index (χ0v) is 8.58. The largest absolute Gasteiger partial charge is 0.222 e. The molecule has 0 aliphatic rings. The molecule has 0 bridgehead atoms. The van der Waals surface area contributed by atoms with Crippen LogP contribution in [-0.2, 0) is 0 Å². The topological polar surface area (TPSA) is 81.8 Å². The Morgan fingerprint density at radius 2 is 2.21 bits per heavy atom. The summed E-state index contributed by atoms with van der Waals surface area (Å²) in [4.78, 5) is 4.26. The number of aromatic nitrogens is 7. The van der Waals surface area contributed by atoms with Crippen molar-refractivity contribution in [1.82, 2.24) is 35.5 Å². The van der Waals surface area contributed by atoms with Gasteiger partial charge in [0.25, 0.3) is 0 Å². The van der Waals surface area contributed by atoms with Gasteiger partial charge in [0.15, 0.2) is 9.99 Å². The van der Waals surface area contributed by atoms with Crippen molar-refractivity contribution in [1.29, 1.82) is 0 Å². The Balaban J connectivity index is 2.49. The summed E-state index contributed by atoms with van der Waals surface area (Å²) in [5.41, 5.74) is 1.20. The first kappa shape index (κ1) is 8.00. The van der Waals surface area contributed by atoms with E-state index in [2.05, 4.69) is 30.8 Å². The van der Waals surface area contributed by atoms with Gasteiger partial charge in [-0.3, -0.25) is 0 Å². The molecule has 0 radical (unpaired) electrons. The lowest BCUT2D eigenvalue weighted by Crippen LogP contribution is -1.96. The molecule has 3 aromatic heterocycles. The van der Waals surface area contributed by atoms with E-state index in [-0.39, 0.29) is 0 Å². The first-order chi connectivity index (χ1) is 6.88. The summed E-state index contributed by atoms with van der Waals surface area (Å²) < 4.78 is 3.10. The fourth-order valence-electron chi connectivity index (χ4n) is 1.06. The minimum atomic E-state index is 0.599. The van der Waals surface area contributed by atoms with Gasteiger partial charge in [-0.15, -0.1) is 21.5 Å². The Kier molecular flexibility index (Phi) is 1.61. The van der Waals surface area contributed by atoms with Crippen LogP contribution in [0, 0.1) is 0 Å². The van der Waals surface area contributed by atoms with Crippen LogP contribution < -0.4 is 0 Å². The molecule has 0 N–H and O–H groups in total. The van der Waals surface area contributed by atoms with Crippen LogP contribution in [0.2, 0.25) is 0 Å². The Morgan fingerprint density at radius 1 is 1.29 bits per heavy atom. The fraction of sp³-hybridized carbons (Fsp3) is 0.200. The molecule has 7 nitrogen and oxygen atoms in total. The molecule has 0 saturated carbocycles. The average Bonchev–Trinajstić information content (AvgIpc) is 2.82. The van der Waals surface area contributed by atoms with Crippen LogP contribution in [-0.4, -0.2) is 41.7 Å². The predicted molar refractivity (Wildman–Crippen MR) is 51.3 cm³/mol.